The summed E-state index contributed by atoms with van der Waals surface area (Å²) in [5.74, 6) is 0.192. The topological polar surface area (TPSA) is 97.1 Å². The summed E-state index contributed by atoms with van der Waals surface area (Å²) in [6.07, 6.45) is 1.58. The summed E-state index contributed by atoms with van der Waals surface area (Å²) in [5.41, 5.74) is 4.12. The minimum Gasteiger partial charge on any atom is -0.463 e. The van der Waals surface area contributed by atoms with Crippen LogP contribution in [0.15, 0.2) is 82.8 Å². The predicted molar refractivity (Wildman–Crippen MR) is 129 cm³/mol. The van der Waals surface area contributed by atoms with Crippen LogP contribution in [0.1, 0.15) is 17.3 Å². The molecule has 0 aliphatic rings. The zero-order valence-corrected chi connectivity index (χ0v) is 18.3. The molecule has 2 N–H and O–H groups in total. The predicted octanol–water partition coefficient (Wildman–Crippen LogP) is 5.83. The highest BCUT2D eigenvalue weighted by atomic mass is 32.1. The summed E-state index contributed by atoms with van der Waals surface area (Å²) >= 11 is 1.34. The van der Waals surface area contributed by atoms with Crippen LogP contribution in [0.25, 0.3) is 33.6 Å². The smallest absolute Gasteiger partial charge is 0.258 e. The first-order chi connectivity index (χ1) is 16.1. The average molecular weight is 455 g/mol. The van der Waals surface area contributed by atoms with Crippen LogP contribution >= 0.6 is 11.3 Å². The van der Waals surface area contributed by atoms with E-state index in [9.17, 15) is 9.59 Å². The molecule has 0 aliphatic heterocycles. The molecule has 0 spiro atoms. The van der Waals surface area contributed by atoms with E-state index < -0.39 is 0 Å². The van der Waals surface area contributed by atoms with Crippen molar-refractivity contribution in [1.82, 2.24) is 9.97 Å². The molecule has 7 nitrogen and oxygen atoms in total. The van der Waals surface area contributed by atoms with E-state index in [0.717, 1.165) is 16.6 Å². The Hall–Kier alpha value is -4.30. The monoisotopic (exact) mass is 454 g/mol. The van der Waals surface area contributed by atoms with Crippen molar-refractivity contribution in [2.45, 2.75) is 6.92 Å². The molecule has 0 atom stereocenters. The number of hydrogen-bond donors (Lipinski definition) is 2. The van der Waals surface area contributed by atoms with Gasteiger partial charge in [-0.05, 0) is 36.4 Å². The molecule has 0 saturated heterocycles. The number of nitrogens with zero attached hydrogens (tertiary/aromatic N) is 2. The van der Waals surface area contributed by atoms with Crippen molar-refractivity contribution in [1.29, 1.82) is 0 Å². The molecule has 0 fully saturated rings. The lowest BCUT2D eigenvalue weighted by Crippen LogP contribution is -2.13. The Labute approximate surface area is 193 Å². The minimum absolute atomic E-state index is 0.125. The number of para-hydroxylation sites is 1. The van der Waals surface area contributed by atoms with E-state index in [0.29, 0.717) is 33.4 Å². The summed E-state index contributed by atoms with van der Waals surface area (Å²) < 4.78 is 5.48. The van der Waals surface area contributed by atoms with Gasteiger partial charge in [-0.25, -0.2) is 9.97 Å². The summed E-state index contributed by atoms with van der Waals surface area (Å²) in [7, 11) is 0. The van der Waals surface area contributed by atoms with E-state index in [1.54, 1.807) is 18.4 Å². The number of furan rings is 1. The fraction of sp³-hybridized carbons (Fsp3) is 0.0400. The van der Waals surface area contributed by atoms with E-state index in [2.05, 4.69) is 20.6 Å². The second kappa shape index (κ2) is 8.68. The molecule has 0 radical (unpaired) electrons. The number of benzene rings is 2. The quantitative estimate of drug-likeness (QED) is 0.348. The van der Waals surface area contributed by atoms with Crippen LogP contribution in [0.2, 0.25) is 0 Å². The number of aromatic nitrogens is 2. The fourth-order valence-electron chi connectivity index (χ4n) is 3.47. The van der Waals surface area contributed by atoms with Crippen LogP contribution in [0.4, 0.5) is 10.8 Å². The number of fused-ring (bicyclic) bond motifs is 1. The highest BCUT2D eigenvalue weighted by Gasteiger charge is 2.16. The Balaban J connectivity index is 1.41. The first kappa shape index (κ1) is 20.6. The molecule has 5 rings (SSSR count). The molecule has 3 heterocycles. The number of carbonyl (C=O) groups excluding carboxylic acids is 2. The second-order valence-electron chi connectivity index (χ2n) is 7.30. The van der Waals surface area contributed by atoms with Crippen LogP contribution < -0.4 is 10.6 Å². The Morgan fingerprint density at radius 1 is 0.909 bits per heavy atom. The highest BCUT2D eigenvalue weighted by molar-refractivity contribution is 7.14. The van der Waals surface area contributed by atoms with Gasteiger partial charge in [0.15, 0.2) is 10.9 Å². The Bertz CT molecular complexity index is 1460. The third kappa shape index (κ3) is 4.37. The molecule has 0 bridgehead atoms. The van der Waals surface area contributed by atoms with E-state index in [-0.39, 0.29) is 11.8 Å². The first-order valence-corrected chi connectivity index (χ1v) is 11.0. The van der Waals surface area contributed by atoms with Crippen molar-refractivity contribution in [2.75, 3.05) is 10.6 Å². The molecule has 0 saturated carbocycles. The lowest BCUT2D eigenvalue weighted by atomic mass is 10.1. The van der Waals surface area contributed by atoms with E-state index in [1.165, 1.54) is 18.3 Å². The lowest BCUT2D eigenvalue weighted by Gasteiger charge is -2.08. The number of carbonyl (C=O) groups is 2. The van der Waals surface area contributed by atoms with Gasteiger partial charge in [-0.3, -0.25) is 14.9 Å². The highest BCUT2D eigenvalue weighted by Crippen LogP contribution is 2.29. The molecule has 2 amide bonds. The van der Waals surface area contributed by atoms with Gasteiger partial charge < -0.3 is 9.73 Å². The molecule has 2 aromatic carbocycles. The molecular weight excluding hydrogens is 436 g/mol. The Morgan fingerprint density at radius 3 is 2.48 bits per heavy atom. The summed E-state index contributed by atoms with van der Waals surface area (Å²) in [4.78, 5) is 33.6. The standard InChI is InChI=1S/C25H18N4O3S/c1-15(30)26-17-10-8-16(9-11-17)22-14-33-25(28-22)29-24(31)19-13-21(23-7-4-12-32-23)27-20-6-3-2-5-18(19)20/h2-14H,1H3,(H,26,30)(H,28,29,31). The maximum absolute atomic E-state index is 13.2. The van der Waals surface area contributed by atoms with Crippen LogP contribution in [-0.4, -0.2) is 21.8 Å². The molecule has 162 valence electrons. The molecule has 0 unspecified atom stereocenters. The van der Waals surface area contributed by atoms with Crippen molar-refractivity contribution in [3.05, 3.63) is 83.9 Å². The normalized spacial score (nSPS) is 10.8. The van der Waals surface area contributed by atoms with Gasteiger partial charge in [0, 0.05) is 28.9 Å². The van der Waals surface area contributed by atoms with Crippen LogP contribution in [-0.2, 0) is 4.79 Å². The van der Waals surface area contributed by atoms with Crippen molar-refractivity contribution < 1.29 is 14.0 Å². The van der Waals surface area contributed by atoms with Crippen LogP contribution in [0.3, 0.4) is 0 Å². The zero-order valence-electron chi connectivity index (χ0n) is 17.5. The molecule has 5 aromatic rings. The summed E-state index contributed by atoms with van der Waals surface area (Å²) in [5, 5.41) is 8.75. The Morgan fingerprint density at radius 2 is 1.73 bits per heavy atom. The van der Waals surface area contributed by atoms with Gasteiger partial charge in [0.2, 0.25) is 5.91 Å². The van der Waals surface area contributed by atoms with Gasteiger partial charge >= 0.3 is 0 Å². The van der Waals surface area contributed by atoms with Crippen LogP contribution in [0.5, 0.6) is 0 Å². The van der Waals surface area contributed by atoms with Gasteiger partial charge in [-0.2, -0.15) is 0 Å². The number of nitrogens with one attached hydrogen (secondary N) is 2. The van der Waals surface area contributed by atoms with Crippen molar-refractivity contribution in [3.63, 3.8) is 0 Å². The second-order valence-corrected chi connectivity index (χ2v) is 8.16. The van der Waals surface area contributed by atoms with E-state index >= 15 is 0 Å². The van der Waals surface area contributed by atoms with Gasteiger partial charge in [-0.1, -0.05) is 30.3 Å². The van der Waals surface area contributed by atoms with Gasteiger partial charge in [0.25, 0.3) is 5.91 Å². The molecule has 33 heavy (non-hydrogen) atoms. The third-order valence-corrected chi connectivity index (χ3v) is 5.72. The number of rotatable bonds is 5. The SMILES string of the molecule is CC(=O)Nc1ccc(-c2csc(NC(=O)c3cc(-c4ccco4)nc4ccccc34)n2)cc1. The molecule has 0 aliphatic carbocycles. The number of anilines is 2. The summed E-state index contributed by atoms with van der Waals surface area (Å²) in [6.45, 7) is 1.47. The zero-order chi connectivity index (χ0) is 22.8. The first-order valence-electron chi connectivity index (χ1n) is 10.2. The lowest BCUT2D eigenvalue weighted by molar-refractivity contribution is -0.114. The number of pyridine rings is 1. The molecule has 8 heteroatoms. The molecular formula is C25H18N4O3S. The van der Waals surface area contributed by atoms with Crippen LogP contribution in [0, 0.1) is 0 Å². The van der Waals surface area contributed by atoms with Gasteiger partial charge in [0.1, 0.15) is 5.69 Å². The maximum Gasteiger partial charge on any atom is 0.258 e. The number of hydrogen-bond acceptors (Lipinski definition) is 6. The number of amides is 2. The summed E-state index contributed by atoms with van der Waals surface area (Å²) in [6, 6.07) is 20.2. The fourth-order valence-corrected chi connectivity index (χ4v) is 4.18. The van der Waals surface area contributed by atoms with E-state index in [4.69, 9.17) is 4.42 Å². The maximum atomic E-state index is 13.2. The largest absolute Gasteiger partial charge is 0.463 e. The van der Waals surface area contributed by atoms with Gasteiger partial charge in [-0.15, -0.1) is 11.3 Å². The van der Waals surface area contributed by atoms with Gasteiger partial charge in [0.05, 0.1) is 23.0 Å². The third-order valence-electron chi connectivity index (χ3n) is 4.96. The van der Waals surface area contributed by atoms with E-state index in [1.807, 2.05) is 60.0 Å². The average Bonchev–Trinajstić information content (AvgIpc) is 3.51. The van der Waals surface area contributed by atoms with Crippen molar-refractivity contribution in [3.8, 4) is 22.7 Å². The minimum atomic E-state index is -0.275. The molecule has 3 aromatic heterocycles. The van der Waals surface area contributed by atoms with Crippen molar-refractivity contribution >= 4 is 44.9 Å². The number of thiazole rings is 1. The Kier molecular flexibility index (Phi) is 5.42. The van der Waals surface area contributed by atoms with Crippen molar-refractivity contribution in [2.24, 2.45) is 0 Å².